The monoisotopic (exact) mass is 568 g/mol. The predicted molar refractivity (Wildman–Crippen MR) is 157 cm³/mol. The number of carboxylic acid groups (broad SMARTS) is 1. The molecule has 2 rings (SSSR count). The summed E-state index contributed by atoms with van der Waals surface area (Å²) in [7, 11) is 2.86. The molecule has 0 saturated heterocycles. The molecule has 0 spiro atoms. The molecule has 2 aromatic carbocycles. The Bertz CT molecular complexity index is 1210. The SMILES string of the molecule is CCC(C)OC(=O)C(Cc1ccc(C(=O)C(C)(C)C)cc1OC)(Cc1ccc(C(=O)C(C)(C)C)cc1OC)C(=O)O. The van der Waals surface area contributed by atoms with Gasteiger partial charge in [0.05, 0.1) is 20.3 Å². The summed E-state index contributed by atoms with van der Waals surface area (Å²) < 4.78 is 16.8. The topological polar surface area (TPSA) is 116 Å². The predicted octanol–water partition coefficient (Wildman–Crippen LogP) is 6.36. The Hall–Kier alpha value is -3.68. The molecule has 0 aliphatic heterocycles. The molecule has 1 atom stereocenters. The summed E-state index contributed by atoms with van der Waals surface area (Å²) in [6, 6.07) is 9.62. The van der Waals surface area contributed by atoms with Crippen molar-refractivity contribution in [2.45, 2.75) is 80.8 Å². The first-order valence-corrected chi connectivity index (χ1v) is 13.8. The normalized spacial score (nSPS) is 12.8. The highest BCUT2D eigenvalue weighted by Gasteiger charge is 2.49. The number of rotatable bonds is 12. The van der Waals surface area contributed by atoms with Crippen LogP contribution < -0.4 is 9.47 Å². The van der Waals surface area contributed by atoms with Crippen molar-refractivity contribution >= 4 is 23.5 Å². The summed E-state index contributed by atoms with van der Waals surface area (Å²) in [5, 5.41) is 10.6. The van der Waals surface area contributed by atoms with Crippen LogP contribution in [0.4, 0.5) is 0 Å². The molecule has 1 N–H and O–H groups in total. The van der Waals surface area contributed by atoms with Gasteiger partial charge in [0.2, 0.25) is 0 Å². The van der Waals surface area contributed by atoms with Gasteiger partial charge in [-0.25, -0.2) is 0 Å². The number of carbonyl (C=O) groups is 4. The minimum atomic E-state index is -2.06. The fraction of sp³-hybridized carbons (Fsp3) is 0.515. The van der Waals surface area contributed by atoms with E-state index >= 15 is 0 Å². The standard InChI is InChI=1S/C33H44O8/c1-11-20(2)41-30(38)33(29(36)37,18-23-14-12-21(16-25(23)39-9)27(34)31(3,4)5)19-24-15-13-22(17-26(24)40-10)28(35)32(6,7)8/h12-17,20H,11,18-19H2,1-10H3,(H,36,37). The Morgan fingerprint density at radius 2 is 1.15 bits per heavy atom. The zero-order chi connectivity index (χ0) is 31.3. The Kier molecular flexibility index (Phi) is 10.5. The van der Waals surface area contributed by atoms with Crippen molar-refractivity contribution < 1.29 is 38.5 Å². The lowest BCUT2D eigenvalue weighted by Gasteiger charge is -2.30. The molecule has 0 fully saturated rings. The Labute approximate surface area is 243 Å². The molecule has 0 bridgehead atoms. The molecule has 41 heavy (non-hydrogen) atoms. The molecule has 8 heteroatoms. The van der Waals surface area contributed by atoms with Crippen LogP contribution in [0.2, 0.25) is 0 Å². The van der Waals surface area contributed by atoms with Gasteiger partial charge in [0.25, 0.3) is 0 Å². The number of ether oxygens (including phenoxy) is 3. The van der Waals surface area contributed by atoms with Gasteiger partial charge in [0.1, 0.15) is 11.5 Å². The van der Waals surface area contributed by atoms with Gasteiger partial charge >= 0.3 is 11.9 Å². The molecule has 1 unspecified atom stereocenters. The van der Waals surface area contributed by atoms with E-state index in [1.54, 1.807) is 43.3 Å². The number of esters is 1. The van der Waals surface area contributed by atoms with Crippen molar-refractivity contribution in [1.29, 1.82) is 0 Å². The summed E-state index contributed by atoms with van der Waals surface area (Å²) in [6.07, 6.45) is -0.544. The number of hydrogen-bond donors (Lipinski definition) is 1. The highest BCUT2D eigenvalue weighted by Crippen LogP contribution is 2.38. The minimum Gasteiger partial charge on any atom is -0.496 e. The second-order valence-corrected chi connectivity index (χ2v) is 12.6. The van der Waals surface area contributed by atoms with E-state index < -0.39 is 34.3 Å². The first-order chi connectivity index (χ1) is 18.9. The molecule has 0 saturated carbocycles. The summed E-state index contributed by atoms with van der Waals surface area (Å²) >= 11 is 0. The van der Waals surface area contributed by atoms with Crippen LogP contribution in [0.1, 0.15) is 93.7 Å². The quantitative estimate of drug-likeness (QED) is 0.179. The molecule has 0 aliphatic carbocycles. The largest absolute Gasteiger partial charge is 0.496 e. The number of methoxy groups -OCH3 is 2. The number of carbonyl (C=O) groups excluding carboxylic acids is 3. The maximum atomic E-state index is 13.7. The second kappa shape index (κ2) is 12.9. The molecule has 0 aromatic heterocycles. The number of aliphatic carboxylic acids is 1. The van der Waals surface area contributed by atoms with E-state index in [1.165, 1.54) is 14.2 Å². The summed E-state index contributed by atoms with van der Waals surface area (Å²) in [5.41, 5.74) is -1.62. The number of carboxylic acids is 1. The molecule has 0 amide bonds. The van der Waals surface area contributed by atoms with Crippen molar-refractivity contribution in [1.82, 2.24) is 0 Å². The van der Waals surface area contributed by atoms with Crippen molar-refractivity contribution in [3.63, 3.8) is 0 Å². The van der Waals surface area contributed by atoms with Crippen LogP contribution >= 0.6 is 0 Å². The summed E-state index contributed by atoms with van der Waals surface area (Å²) in [5.74, 6) is -1.89. The molecule has 2 aromatic rings. The van der Waals surface area contributed by atoms with Crippen molar-refractivity contribution in [3.05, 3.63) is 58.7 Å². The summed E-state index contributed by atoms with van der Waals surface area (Å²) in [6.45, 7) is 14.4. The average molecular weight is 569 g/mol. The molecular formula is C33H44O8. The highest BCUT2D eigenvalue weighted by molar-refractivity contribution is 6.02. The smallest absolute Gasteiger partial charge is 0.324 e. The maximum absolute atomic E-state index is 13.7. The fourth-order valence-corrected chi connectivity index (χ4v) is 4.40. The number of benzene rings is 2. The highest BCUT2D eigenvalue weighted by atomic mass is 16.5. The van der Waals surface area contributed by atoms with E-state index in [0.717, 1.165) is 0 Å². The molecule has 224 valence electrons. The Balaban J connectivity index is 2.70. The first-order valence-electron chi connectivity index (χ1n) is 13.8. The molecule has 8 nitrogen and oxygen atoms in total. The molecule has 0 radical (unpaired) electrons. The summed E-state index contributed by atoms with van der Waals surface area (Å²) in [4.78, 5) is 52.5. The number of ketones is 2. The van der Waals surface area contributed by atoms with Crippen LogP contribution in [0.25, 0.3) is 0 Å². The van der Waals surface area contributed by atoms with E-state index in [9.17, 15) is 24.3 Å². The van der Waals surface area contributed by atoms with Crippen LogP contribution in [-0.2, 0) is 27.2 Å². The van der Waals surface area contributed by atoms with Crippen LogP contribution in [-0.4, -0.2) is 48.9 Å². The van der Waals surface area contributed by atoms with Gasteiger partial charge < -0.3 is 19.3 Å². The van der Waals surface area contributed by atoms with Crippen molar-refractivity contribution in [3.8, 4) is 11.5 Å². The van der Waals surface area contributed by atoms with Gasteiger partial charge in [-0.15, -0.1) is 0 Å². The Morgan fingerprint density at radius 3 is 1.44 bits per heavy atom. The zero-order valence-electron chi connectivity index (χ0n) is 26.0. The molecular weight excluding hydrogens is 524 g/mol. The van der Waals surface area contributed by atoms with Crippen LogP contribution in [0.15, 0.2) is 36.4 Å². The van der Waals surface area contributed by atoms with E-state index in [1.807, 2.05) is 48.5 Å². The van der Waals surface area contributed by atoms with Gasteiger partial charge in [-0.05, 0) is 36.6 Å². The number of hydrogen-bond acceptors (Lipinski definition) is 7. The third kappa shape index (κ3) is 7.75. The first kappa shape index (κ1) is 33.5. The lowest BCUT2D eigenvalue weighted by Crippen LogP contribution is -2.45. The van der Waals surface area contributed by atoms with E-state index in [0.29, 0.717) is 40.2 Å². The van der Waals surface area contributed by atoms with Gasteiger partial charge in [-0.3, -0.25) is 19.2 Å². The lowest BCUT2D eigenvalue weighted by molar-refractivity contribution is -0.172. The third-order valence-corrected chi connectivity index (χ3v) is 7.13. The minimum absolute atomic E-state index is 0.0994. The molecule has 0 aliphatic rings. The maximum Gasteiger partial charge on any atom is 0.324 e. The van der Waals surface area contributed by atoms with E-state index in [2.05, 4.69) is 0 Å². The number of Topliss-reactive ketones (excluding diaryl/α,β-unsaturated/α-hetero) is 2. The van der Waals surface area contributed by atoms with Gasteiger partial charge in [-0.2, -0.15) is 0 Å². The average Bonchev–Trinajstić information content (AvgIpc) is 2.90. The lowest BCUT2D eigenvalue weighted by atomic mass is 9.75. The third-order valence-electron chi connectivity index (χ3n) is 7.13. The van der Waals surface area contributed by atoms with Crippen molar-refractivity contribution in [2.75, 3.05) is 14.2 Å². The van der Waals surface area contributed by atoms with Crippen LogP contribution in [0.5, 0.6) is 11.5 Å². The second-order valence-electron chi connectivity index (χ2n) is 12.6. The van der Waals surface area contributed by atoms with Crippen molar-refractivity contribution in [2.24, 2.45) is 16.2 Å². The fourth-order valence-electron chi connectivity index (χ4n) is 4.40. The zero-order valence-corrected chi connectivity index (χ0v) is 26.0. The van der Waals surface area contributed by atoms with Gasteiger partial charge in [-0.1, -0.05) is 72.7 Å². The van der Waals surface area contributed by atoms with Crippen LogP contribution in [0.3, 0.4) is 0 Å². The van der Waals surface area contributed by atoms with E-state index in [4.69, 9.17) is 14.2 Å². The van der Waals surface area contributed by atoms with Gasteiger partial charge in [0.15, 0.2) is 17.0 Å². The van der Waals surface area contributed by atoms with Gasteiger partial charge in [0, 0.05) is 34.8 Å². The Morgan fingerprint density at radius 1 is 0.756 bits per heavy atom. The molecule has 0 heterocycles. The van der Waals surface area contributed by atoms with Crippen LogP contribution in [0, 0.1) is 16.2 Å². The van der Waals surface area contributed by atoms with E-state index in [-0.39, 0.29) is 24.4 Å².